The third kappa shape index (κ3) is 1.93. The summed E-state index contributed by atoms with van der Waals surface area (Å²) in [7, 11) is 0. The van der Waals surface area contributed by atoms with Crippen LogP contribution < -0.4 is 5.32 Å². The maximum Gasteiger partial charge on any atom is 0.418 e. The molecule has 0 spiro atoms. The average Bonchev–Trinajstić information content (AvgIpc) is 2.77. The molecule has 1 amide bonds. The minimum atomic E-state index is -4.59. The number of halogens is 3. The second-order valence-corrected chi connectivity index (χ2v) is 7.17. The first-order chi connectivity index (χ1) is 11.0. The predicted molar refractivity (Wildman–Crippen MR) is 80.0 cm³/mol. The van der Waals surface area contributed by atoms with Gasteiger partial charge in [0.05, 0.1) is 16.7 Å². The van der Waals surface area contributed by atoms with Crippen LogP contribution in [0.2, 0.25) is 0 Å². The van der Waals surface area contributed by atoms with Crippen LogP contribution in [0.25, 0.3) is 0 Å². The Morgan fingerprint density at radius 2 is 1.79 bits per heavy atom. The fraction of sp³-hybridized carbons (Fsp3) is 0.529. The van der Waals surface area contributed by atoms with Crippen molar-refractivity contribution in [3.05, 3.63) is 29.8 Å². The molecule has 0 radical (unpaired) electrons. The van der Waals surface area contributed by atoms with E-state index < -0.39 is 40.0 Å². The minimum Gasteiger partial charge on any atom is -0.448 e. The fourth-order valence-electron chi connectivity index (χ4n) is 3.81. The first-order valence-electron chi connectivity index (χ1n) is 7.67. The zero-order chi connectivity index (χ0) is 18.0. The molecule has 1 heterocycles. The molecule has 1 saturated heterocycles. The van der Waals surface area contributed by atoms with E-state index in [1.54, 1.807) is 20.8 Å². The van der Waals surface area contributed by atoms with E-state index in [1.165, 1.54) is 18.2 Å². The Balaban J connectivity index is 1.97. The van der Waals surface area contributed by atoms with Gasteiger partial charge in [0.25, 0.3) is 5.91 Å². The highest BCUT2D eigenvalue weighted by atomic mass is 19.4. The zero-order valence-corrected chi connectivity index (χ0v) is 13.6. The maximum atomic E-state index is 13.1. The lowest BCUT2D eigenvalue weighted by Gasteiger charge is -2.35. The summed E-state index contributed by atoms with van der Waals surface area (Å²) in [6.45, 7) is 5.24. The molecule has 1 aliphatic heterocycles. The Morgan fingerprint density at radius 1 is 1.17 bits per heavy atom. The molecule has 2 fully saturated rings. The van der Waals surface area contributed by atoms with Crippen LogP contribution >= 0.6 is 0 Å². The molecule has 24 heavy (non-hydrogen) atoms. The van der Waals surface area contributed by atoms with Gasteiger partial charge in [-0.1, -0.05) is 26.0 Å². The number of alkyl halides is 3. The second kappa shape index (κ2) is 4.74. The van der Waals surface area contributed by atoms with Gasteiger partial charge in [-0.3, -0.25) is 9.59 Å². The summed E-state index contributed by atoms with van der Waals surface area (Å²) in [5.41, 5.74) is -4.34. The smallest absolute Gasteiger partial charge is 0.418 e. The van der Waals surface area contributed by atoms with E-state index in [4.69, 9.17) is 4.74 Å². The summed E-state index contributed by atoms with van der Waals surface area (Å²) in [5, 5.41) is 2.33. The first-order valence-corrected chi connectivity index (χ1v) is 7.67. The second-order valence-electron chi connectivity index (χ2n) is 7.17. The molecule has 1 aliphatic carbocycles. The molecule has 2 bridgehead atoms. The monoisotopic (exact) mass is 341 g/mol. The number of para-hydroxylation sites is 1. The molecule has 0 aromatic heterocycles. The van der Waals surface area contributed by atoms with Crippen LogP contribution in [0.5, 0.6) is 0 Å². The molecule has 4 nitrogen and oxygen atoms in total. The molecule has 3 rings (SSSR count). The number of hydrogen-bond donors (Lipinski definition) is 1. The van der Waals surface area contributed by atoms with E-state index in [0.29, 0.717) is 12.8 Å². The molecule has 0 unspecified atom stereocenters. The van der Waals surface area contributed by atoms with Gasteiger partial charge in [-0.25, -0.2) is 0 Å². The highest BCUT2D eigenvalue weighted by Gasteiger charge is 2.75. The van der Waals surface area contributed by atoms with E-state index >= 15 is 0 Å². The van der Waals surface area contributed by atoms with E-state index in [2.05, 4.69) is 5.32 Å². The van der Waals surface area contributed by atoms with Crippen molar-refractivity contribution in [1.82, 2.24) is 0 Å². The number of carbonyl (C=O) groups excluding carboxylic acids is 2. The Labute approximate surface area is 137 Å². The molecule has 2 atom stereocenters. The molecule has 2 aliphatic rings. The van der Waals surface area contributed by atoms with Gasteiger partial charge in [-0.05, 0) is 31.9 Å². The third-order valence-electron chi connectivity index (χ3n) is 5.93. The van der Waals surface area contributed by atoms with E-state index in [-0.39, 0.29) is 5.69 Å². The zero-order valence-electron chi connectivity index (χ0n) is 13.6. The van der Waals surface area contributed by atoms with Crippen LogP contribution in [0.3, 0.4) is 0 Å². The summed E-state index contributed by atoms with van der Waals surface area (Å²) >= 11 is 0. The fourth-order valence-corrected chi connectivity index (χ4v) is 3.81. The molecular formula is C17H18F3NO3. The summed E-state index contributed by atoms with van der Waals surface area (Å²) in [4.78, 5) is 25.0. The van der Waals surface area contributed by atoms with Gasteiger partial charge in [0.2, 0.25) is 0 Å². The van der Waals surface area contributed by atoms with Crippen LogP contribution in [0.4, 0.5) is 18.9 Å². The standard InChI is InChI=1S/C17H18F3NO3/c1-14(2)15(3)8-9-16(14,24-13(15)23)12(22)21-11-7-5-4-6-10(11)17(18,19)20/h4-7H,8-9H2,1-3H3,(H,21,22)/t15-,16+/m0/s1. The van der Waals surface area contributed by atoms with Crippen molar-refractivity contribution in [2.75, 3.05) is 5.32 Å². The Bertz CT molecular complexity index is 728. The van der Waals surface area contributed by atoms with Gasteiger partial charge >= 0.3 is 12.1 Å². The first kappa shape index (κ1) is 16.8. The normalized spacial score (nSPS) is 31.0. The number of rotatable bonds is 2. The number of hydrogen-bond acceptors (Lipinski definition) is 3. The lowest BCUT2D eigenvalue weighted by atomic mass is 9.66. The van der Waals surface area contributed by atoms with Gasteiger partial charge in [-0.15, -0.1) is 0 Å². The number of anilines is 1. The van der Waals surface area contributed by atoms with Gasteiger partial charge < -0.3 is 10.1 Å². The Morgan fingerprint density at radius 3 is 2.29 bits per heavy atom. The molecule has 1 saturated carbocycles. The molecule has 1 aromatic rings. The number of esters is 1. The average molecular weight is 341 g/mol. The van der Waals surface area contributed by atoms with E-state index in [9.17, 15) is 22.8 Å². The molecule has 7 heteroatoms. The SMILES string of the molecule is CC1(C)[C@@]2(C)CC[C@]1(C(=O)Nc1ccccc1C(F)(F)F)OC2=O. The quantitative estimate of drug-likeness (QED) is 0.833. The summed E-state index contributed by atoms with van der Waals surface area (Å²) in [5.74, 6) is -1.18. The van der Waals surface area contributed by atoms with Crippen molar-refractivity contribution in [2.45, 2.75) is 45.4 Å². The Kier molecular flexibility index (Phi) is 3.32. The van der Waals surface area contributed by atoms with Crippen molar-refractivity contribution >= 4 is 17.6 Å². The number of fused-ring (bicyclic) bond motifs is 2. The molecule has 130 valence electrons. The van der Waals surface area contributed by atoms with Crippen LogP contribution in [0, 0.1) is 10.8 Å². The maximum absolute atomic E-state index is 13.1. The van der Waals surface area contributed by atoms with Crippen LogP contribution in [0.15, 0.2) is 24.3 Å². The minimum absolute atomic E-state index is 0.294. The summed E-state index contributed by atoms with van der Waals surface area (Å²) in [6, 6.07) is 4.75. The van der Waals surface area contributed by atoms with Gasteiger partial charge in [0.1, 0.15) is 0 Å². The molecular weight excluding hydrogens is 323 g/mol. The number of carbonyl (C=O) groups is 2. The van der Waals surface area contributed by atoms with Crippen molar-refractivity contribution < 1.29 is 27.5 Å². The van der Waals surface area contributed by atoms with Crippen LogP contribution in [-0.2, 0) is 20.5 Å². The number of nitrogens with one attached hydrogen (secondary N) is 1. The lowest BCUT2D eigenvalue weighted by molar-refractivity contribution is -0.166. The topological polar surface area (TPSA) is 55.4 Å². The summed E-state index contributed by atoms with van der Waals surface area (Å²) < 4.78 is 44.7. The van der Waals surface area contributed by atoms with E-state index in [1.807, 2.05) is 0 Å². The van der Waals surface area contributed by atoms with Crippen molar-refractivity contribution in [3.63, 3.8) is 0 Å². The van der Waals surface area contributed by atoms with Crippen molar-refractivity contribution in [3.8, 4) is 0 Å². The number of benzene rings is 1. The third-order valence-corrected chi connectivity index (χ3v) is 5.93. The van der Waals surface area contributed by atoms with Gasteiger partial charge in [0.15, 0.2) is 5.60 Å². The molecule has 1 N–H and O–H groups in total. The predicted octanol–water partition coefficient (Wildman–Crippen LogP) is 3.77. The van der Waals surface area contributed by atoms with Gasteiger partial charge in [0, 0.05) is 5.41 Å². The number of amides is 1. The van der Waals surface area contributed by atoms with Crippen LogP contribution in [0.1, 0.15) is 39.2 Å². The van der Waals surface area contributed by atoms with E-state index in [0.717, 1.165) is 6.07 Å². The highest BCUT2D eigenvalue weighted by molar-refractivity contribution is 6.03. The highest BCUT2D eigenvalue weighted by Crippen LogP contribution is 2.65. The largest absolute Gasteiger partial charge is 0.448 e. The van der Waals surface area contributed by atoms with Crippen molar-refractivity contribution in [1.29, 1.82) is 0 Å². The van der Waals surface area contributed by atoms with Crippen LogP contribution in [-0.4, -0.2) is 17.5 Å². The Hall–Kier alpha value is -2.05. The summed E-state index contributed by atoms with van der Waals surface area (Å²) in [6.07, 6.45) is -3.83. The van der Waals surface area contributed by atoms with Crippen molar-refractivity contribution in [2.24, 2.45) is 10.8 Å². The van der Waals surface area contributed by atoms with Gasteiger partial charge in [-0.2, -0.15) is 13.2 Å². The lowest BCUT2D eigenvalue weighted by Crippen LogP contribution is -2.50. The molecule has 1 aromatic carbocycles. The number of ether oxygens (including phenoxy) is 1.